The Morgan fingerprint density at radius 2 is 1.29 bits per heavy atom. The van der Waals surface area contributed by atoms with Crippen LogP contribution in [0.4, 0.5) is 0 Å². The predicted octanol–water partition coefficient (Wildman–Crippen LogP) is 2.40. The van der Waals surface area contributed by atoms with Crippen molar-refractivity contribution >= 4 is 29.0 Å². The molecule has 12 nitrogen and oxygen atoms in total. The van der Waals surface area contributed by atoms with Gasteiger partial charge in [-0.05, 0) is 52.0 Å². The standard InChI is InChI=1S/C22H24O12S/c1-21(2,3)20(30)34-9-33-19(29)13-6-11(24)8-15(17(13)26)22(4,35(31)32)14-7-10(23)5-12(16(14)25)18(27)28/h5-8,23-26H,9H2,1-4H3,(H,27,28)(H,31,32). The molecule has 0 fully saturated rings. The minimum atomic E-state index is -3.03. The molecule has 2 unspecified atom stereocenters. The summed E-state index contributed by atoms with van der Waals surface area (Å²) in [5, 5.41) is 50.6. The molecule has 190 valence electrons. The summed E-state index contributed by atoms with van der Waals surface area (Å²) in [6.07, 6.45) is 0. The molecule has 0 spiro atoms. The first-order valence-corrected chi connectivity index (χ1v) is 10.9. The molecular weight excluding hydrogens is 488 g/mol. The van der Waals surface area contributed by atoms with Gasteiger partial charge in [0.25, 0.3) is 0 Å². The second-order valence-corrected chi connectivity index (χ2v) is 9.91. The highest BCUT2D eigenvalue weighted by atomic mass is 32.2. The molecule has 0 aliphatic rings. The lowest BCUT2D eigenvalue weighted by Crippen LogP contribution is -2.30. The number of benzene rings is 2. The average Bonchev–Trinajstić information content (AvgIpc) is 2.74. The maximum absolute atomic E-state index is 12.5. The Morgan fingerprint density at radius 3 is 1.71 bits per heavy atom. The fourth-order valence-electron chi connectivity index (χ4n) is 3.05. The Kier molecular flexibility index (Phi) is 7.67. The average molecular weight is 512 g/mol. The Balaban J connectivity index is 2.61. The van der Waals surface area contributed by atoms with Crippen molar-refractivity contribution in [2.45, 2.75) is 32.4 Å². The van der Waals surface area contributed by atoms with E-state index in [0.717, 1.165) is 25.1 Å². The van der Waals surface area contributed by atoms with E-state index < -0.39 is 91.2 Å². The van der Waals surface area contributed by atoms with Gasteiger partial charge in [-0.2, -0.15) is 0 Å². The summed E-state index contributed by atoms with van der Waals surface area (Å²) in [6, 6.07) is 3.08. The van der Waals surface area contributed by atoms with Crippen LogP contribution in [0.1, 0.15) is 59.5 Å². The molecule has 0 heterocycles. The van der Waals surface area contributed by atoms with E-state index in [1.54, 1.807) is 20.8 Å². The zero-order valence-corrected chi connectivity index (χ0v) is 19.9. The van der Waals surface area contributed by atoms with E-state index >= 15 is 0 Å². The van der Waals surface area contributed by atoms with Crippen molar-refractivity contribution in [3.8, 4) is 23.0 Å². The van der Waals surface area contributed by atoms with Crippen LogP contribution in [-0.4, -0.2) is 59.0 Å². The van der Waals surface area contributed by atoms with E-state index in [1.807, 2.05) is 0 Å². The molecule has 35 heavy (non-hydrogen) atoms. The van der Waals surface area contributed by atoms with Crippen LogP contribution in [0.5, 0.6) is 23.0 Å². The van der Waals surface area contributed by atoms with Crippen molar-refractivity contribution in [2.75, 3.05) is 6.79 Å². The number of aromatic hydroxyl groups is 4. The van der Waals surface area contributed by atoms with Gasteiger partial charge in [0, 0.05) is 11.1 Å². The Morgan fingerprint density at radius 1 is 0.829 bits per heavy atom. The van der Waals surface area contributed by atoms with Crippen molar-refractivity contribution in [3.63, 3.8) is 0 Å². The first-order chi connectivity index (χ1) is 16.0. The fourth-order valence-corrected chi connectivity index (χ4v) is 3.74. The third-order valence-corrected chi connectivity index (χ3v) is 6.15. The van der Waals surface area contributed by atoms with Crippen LogP contribution in [0.15, 0.2) is 24.3 Å². The molecule has 2 aromatic carbocycles. The molecule has 6 N–H and O–H groups in total. The number of carbonyl (C=O) groups is 3. The zero-order valence-electron chi connectivity index (χ0n) is 19.1. The minimum Gasteiger partial charge on any atom is -0.508 e. The highest BCUT2D eigenvalue weighted by Crippen LogP contribution is 2.47. The Labute approximate surface area is 201 Å². The molecule has 0 radical (unpaired) electrons. The minimum absolute atomic E-state index is 0.589. The van der Waals surface area contributed by atoms with Crippen LogP contribution in [-0.2, 0) is 30.1 Å². The van der Waals surface area contributed by atoms with Gasteiger partial charge in [-0.15, -0.1) is 0 Å². The first kappa shape index (κ1) is 27.4. The van der Waals surface area contributed by atoms with Crippen LogP contribution in [0.3, 0.4) is 0 Å². The summed E-state index contributed by atoms with van der Waals surface area (Å²) in [4.78, 5) is 35.8. The second-order valence-electron chi connectivity index (χ2n) is 8.60. The van der Waals surface area contributed by atoms with E-state index in [9.17, 15) is 48.7 Å². The van der Waals surface area contributed by atoms with Crippen LogP contribution in [0.2, 0.25) is 0 Å². The number of phenols is 4. The van der Waals surface area contributed by atoms with Gasteiger partial charge in [-0.1, -0.05) is 0 Å². The summed E-state index contributed by atoms with van der Waals surface area (Å²) < 4.78 is 29.8. The lowest BCUT2D eigenvalue weighted by Gasteiger charge is -2.29. The number of hydrogen-bond acceptors (Lipinski definition) is 10. The third kappa shape index (κ3) is 5.46. The van der Waals surface area contributed by atoms with E-state index in [-0.39, 0.29) is 0 Å². The van der Waals surface area contributed by atoms with Gasteiger partial charge < -0.3 is 39.6 Å². The topological polar surface area (TPSA) is 208 Å². The molecule has 2 atom stereocenters. The smallest absolute Gasteiger partial charge is 0.344 e. The van der Waals surface area contributed by atoms with Gasteiger partial charge in [0.1, 0.15) is 38.9 Å². The van der Waals surface area contributed by atoms with E-state index in [0.29, 0.717) is 6.07 Å². The molecule has 2 rings (SSSR count). The summed E-state index contributed by atoms with van der Waals surface area (Å²) in [6.45, 7) is 4.85. The summed E-state index contributed by atoms with van der Waals surface area (Å²) in [7, 11) is 0. The summed E-state index contributed by atoms with van der Waals surface area (Å²) in [5.74, 6) is -6.96. The number of hydrogen-bond donors (Lipinski definition) is 6. The second kappa shape index (κ2) is 9.80. The number of carboxylic acid groups (broad SMARTS) is 1. The number of carbonyl (C=O) groups excluding carboxylic acids is 2. The molecule has 0 bridgehead atoms. The van der Waals surface area contributed by atoms with Gasteiger partial charge in [0.05, 0.1) is 5.41 Å². The zero-order chi connectivity index (χ0) is 26.9. The lowest BCUT2D eigenvalue weighted by atomic mass is 9.87. The van der Waals surface area contributed by atoms with Gasteiger partial charge in [0.15, 0.2) is 11.1 Å². The normalized spacial score (nSPS) is 14.0. The molecule has 0 aromatic heterocycles. The maximum atomic E-state index is 12.5. The Bertz CT molecular complexity index is 1210. The Hall–Kier alpha value is -3.84. The molecule has 2 aromatic rings. The number of aromatic carboxylic acids is 1. The highest BCUT2D eigenvalue weighted by Gasteiger charge is 2.43. The van der Waals surface area contributed by atoms with Crippen molar-refractivity contribution in [1.29, 1.82) is 0 Å². The number of phenolic OH excluding ortho intramolecular Hbond substituents is 3. The number of esters is 2. The van der Waals surface area contributed by atoms with Crippen LogP contribution < -0.4 is 0 Å². The van der Waals surface area contributed by atoms with E-state index in [2.05, 4.69) is 0 Å². The number of ether oxygens (including phenoxy) is 2. The molecular formula is C22H24O12S. The van der Waals surface area contributed by atoms with E-state index in [4.69, 9.17) is 9.47 Å². The molecule has 13 heteroatoms. The van der Waals surface area contributed by atoms with Crippen molar-refractivity contribution in [2.24, 2.45) is 5.41 Å². The summed E-state index contributed by atoms with van der Waals surface area (Å²) in [5.41, 5.74) is -3.58. The highest BCUT2D eigenvalue weighted by molar-refractivity contribution is 7.80. The third-order valence-electron chi connectivity index (χ3n) is 5.01. The van der Waals surface area contributed by atoms with Gasteiger partial charge in [0.2, 0.25) is 6.79 Å². The van der Waals surface area contributed by atoms with Crippen LogP contribution in [0, 0.1) is 5.41 Å². The van der Waals surface area contributed by atoms with Gasteiger partial charge in [-0.3, -0.25) is 4.79 Å². The van der Waals surface area contributed by atoms with Crippen molar-refractivity contribution < 1.29 is 58.2 Å². The largest absolute Gasteiger partial charge is 0.508 e. The van der Waals surface area contributed by atoms with Gasteiger partial charge in [-0.25, -0.2) is 13.8 Å². The fraction of sp³-hybridized carbons (Fsp3) is 0.318. The maximum Gasteiger partial charge on any atom is 0.344 e. The molecule has 0 aliphatic heterocycles. The first-order valence-electron chi connectivity index (χ1n) is 9.83. The molecule has 0 saturated carbocycles. The van der Waals surface area contributed by atoms with Crippen molar-refractivity contribution in [1.82, 2.24) is 0 Å². The molecule has 0 aliphatic carbocycles. The SMILES string of the molecule is CC(C)(C)C(=O)OCOC(=O)c1cc(O)cc(C(C)(c2cc(O)cc(C(=O)O)c2O)S(=O)O)c1O. The summed E-state index contributed by atoms with van der Waals surface area (Å²) >= 11 is -3.03. The lowest BCUT2D eigenvalue weighted by molar-refractivity contribution is -0.161. The monoisotopic (exact) mass is 512 g/mol. The predicted molar refractivity (Wildman–Crippen MR) is 120 cm³/mol. The molecule has 0 saturated heterocycles. The van der Waals surface area contributed by atoms with Crippen LogP contribution >= 0.6 is 0 Å². The molecule has 0 amide bonds. The number of rotatable bonds is 7. The van der Waals surface area contributed by atoms with E-state index in [1.165, 1.54) is 0 Å². The van der Waals surface area contributed by atoms with Crippen LogP contribution in [0.25, 0.3) is 0 Å². The van der Waals surface area contributed by atoms with Crippen molar-refractivity contribution in [3.05, 3.63) is 46.5 Å². The number of carboxylic acids is 1. The quantitative estimate of drug-likeness (QED) is 0.137. The van der Waals surface area contributed by atoms with Gasteiger partial charge >= 0.3 is 17.9 Å².